The normalized spacial score (nSPS) is 14.3. The molecule has 0 saturated carbocycles. The lowest BCUT2D eigenvalue weighted by Crippen LogP contribution is -2.09. The summed E-state index contributed by atoms with van der Waals surface area (Å²) in [6.45, 7) is -1.43. The van der Waals surface area contributed by atoms with Crippen LogP contribution in [0.3, 0.4) is 0 Å². The van der Waals surface area contributed by atoms with E-state index in [4.69, 9.17) is 7.84 Å². The van der Waals surface area contributed by atoms with Crippen LogP contribution in [0.4, 0.5) is 0 Å². The second-order valence-corrected chi connectivity index (χ2v) is 16.8. The van der Waals surface area contributed by atoms with Gasteiger partial charge >= 0.3 is 0 Å². The van der Waals surface area contributed by atoms with Gasteiger partial charge in [-0.1, -0.05) is 162 Å². The van der Waals surface area contributed by atoms with Crippen LogP contribution in [-0.4, -0.2) is 51.4 Å². The molecule has 258 valence electrons. The number of hydrogen-bond acceptors (Lipinski definition) is 0. The maximum atomic E-state index is 8.60. The van der Waals surface area contributed by atoms with E-state index in [0.29, 0.717) is 0 Å². The van der Waals surface area contributed by atoms with E-state index in [1.54, 1.807) is 0 Å². The monoisotopic (exact) mass is 804 g/mol. The molecule has 0 fully saturated rings. The maximum absolute atomic E-state index is 8.60. The van der Waals surface area contributed by atoms with Crippen LogP contribution in [0.5, 0.6) is 0 Å². The van der Waals surface area contributed by atoms with Crippen LogP contribution in [0, 0.1) is 0 Å². The van der Waals surface area contributed by atoms with Crippen molar-refractivity contribution < 1.29 is 0 Å². The van der Waals surface area contributed by atoms with Crippen molar-refractivity contribution in [2.75, 3.05) is 0 Å². The van der Waals surface area contributed by atoms with Crippen molar-refractivity contribution in [3.8, 4) is 66.8 Å². The molecule has 54 heavy (non-hydrogen) atoms. The first kappa shape index (κ1) is 32.6. The number of benzene rings is 7. The standard InChI is InChI=1S/C42H42B6P6/c43-52-34-19-7-28(8-20-34)40-38(26-3-15-32(47-50)16-4-26)37(25-1-13-31(46-49)14-2-25)39(27-5-17-33(48-51)18-6-27)41(29-9-21-35(53-44)22-10-29)42(40)30-11-23-36(54-45)24-12-30/h1-24,46-48,52-54H,43-45,49-51H2/i46D,47D,48D,52D,53D,54D. The molecule has 6 atom stereocenters. The Morgan fingerprint density at radius 3 is 0.648 bits per heavy atom. The zero-order chi connectivity index (χ0) is 42.8. The Morgan fingerprint density at radius 1 is 0.333 bits per heavy atom. The van der Waals surface area contributed by atoms with Crippen LogP contribution in [0.1, 0.15) is 0 Å². The first-order chi connectivity index (χ1) is 28.7. The summed E-state index contributed by atoms with van der Waals surface area (Å²) in [6, 6.07) is 50.3. The molecular weight excluding hydrogens is 755 g/mol. The summed E-state index contributed by atoms with van der Waals surface area (Å²) in [7, 11) is 10.4. The molecule has 0 amide bonds. The van der Waals surface area contributed by atoms with Crippen molar-refractivity contribution in [3.63, 3.8) is 0 Å². The second-order valence-electron chi connectivity index (χ2n) is 12.9. The molecule has 0 spiro atoms. The van der Waals surface area contributed by atoms with Crippen LogP contribution in [-0.2, 0) is 0 Å². The van der Waals surface area contributed by atoms with Gasteiger partial charge in [0.2, 0.25) is 0 Å². The van der Waals surface area contributed by atoms with Gasteiger partial charge in [0.05, 0.1) is 3.84 Å². The van der Waals surface area contributed by atoms with Crippen molar-refractivity contribution in [2.24, 2.45) is 0 Å². The van der Waals surface area contributed by atoms with Crippen molar-refractivity contribution in [1.29, 1.82) is 7.84 Å². The van der Waals surface area contributed by atoms with Gasteiger partial charge < -0.3 is 0 Å². The third-order valence-corrected chi connectivity index (χ3v) is 13.5. The van der Waals surface area contributed by atoms with Crippen LogP contribution in [0.2, 0.25) is 0 Å². The minimum absolute atomic E-state index is 0.475. The van der Waals surface area contributed by atoms with Crippen LogP contribution < -0.4 is 32.3 Å². The van der Waals surface area contributed by atoms with E-state index in [9.17, 15) is 0 Å². The Morgan fingerprint density at radius 2 is 0.500 bits per heavy atom. The van der Waals surface area contributed by atoms with Gasteiger partial charge in [0.1, 0.15) is 22.7 Å². The lowest BCUT2D eigenvalue weighted by atomic mass is 9.73. The van der Waals surface area contributed by atoms with Gasteiger partial charge in [-0.05, 0) is 86.7 Å². The SMILES string of the molecule is [2H]B(P)c1ccc(-c2c(-c3ccc(B([2H])P)cc3)c(-c3ccc(P([2H])B)cc3)c(-c3ccc(P([2H])B)cc3)c(-c3ccc(P([2H])B)cc3)c2-c2ccc(B([2H])P)cc2)cc1. The minimum Gasteiger partial charge on any atom is -0.169 e. The predicted molar refractivity (Wildman–Crippen MR) is 278 cm³/mol. The fourth-order valence-electron chi connectivity index (χ4n) is 7.10. The van der Waals surface area contributed by atoms with E-state index >= 15 is 0 Å². The number of rotatable bonds is 12. The summed E-state index contributed by atoms with van der Waals surface area (Å²) in [5, 5.41) is 2.95. The van der Waals surface area contributed by atoms with Crippen molar-refractivity contribution in [3.05, 3.63) is 146 Å². The fourth-order valence-corrected chi connectivity index (χ4v) is 9.10. The zero-order valence-electron chi connectivity index (χ0n) is 36.7. The Hall–Kier alpha value is -2.49. The first-order valence-electron chi connectivity index (χ1n) is 20.9. The highest BCUT2D eigenvalue weighted by molar-refractivity contribution is 7.73. The molecule has 0 aliphatic carbocycles. The van der Waals surface area contributed by atoms with Gasteiger partial charge in [-0.25, -0.2) is 0 Å². The van der Waals surface area contributed by atoms with Crippen molar-refractivity contribution in [2.45, 2.75) is 0 Å². The van der Waals surface area contributed by atoms with E-state index in [-0.39, 0.29) is 0 Å². The molecule has 0 nitrogen and oxygen atoms in total. The van der Waals surface area contributed by atoms with Gasteiger partial charge in [0.15, 0.2) is 20.9 Å². The van der Waals surface area contributed by atoms with Crippen molar-refractivity contribution in [1.82, 2.24) is 0 Å². The third-order valence-electron chi connectivity index (χ3n) is 9.92. The largest absolute Gasteiger partial charge is 0.180 e. The lowest BCUT2D eigenvalue weighted by Gasteiger charge is -2.29. The van der Waals surface area contributed by atoms with Crippen LogP contribution >= 0.6 is 52.6 Å². The first-order valence-corrected chi connectivity index (χ1v) is 23.8. The topological polar surface area (TPSA) is 0 Å². The van der Waals surface area contributed by atoms with E-state index in [1.165, 1.54) is 0 Å². The highest BCUT2D eigenvalue weighted by atomic mass is 31.1. The molecule has 7 rings (SSSR count). The van der Waals surface area contributed by atoms with Crippen LogP contribution in [0.15, 0.2) is 146 Å². The zero-order valence-corrected chi connectivity index (χ0v) is 36.8. The molecule has 0 N–H and O–H groups in total. The summed E-state index contributed by atoms with van der Waals surface area (Å²) < 4.78 is 51.3. The average molecular weight is 804 g/mol. The van der Waals surface area contributed by atoms with E-state index in [0.717, 1.165) is 99.1 Å². The molecular formula is C42H42B6P6. The molecule has 0 heterocycles. The van der Waals surface area contributed by atoms with Gasteiger partial charge in [0.25, 0.3) is 0 Å². The molecule has 6 unspecified atom stereocenters. The Balaban J connectivity index is 1.78. The Bertz CT molecular complexity index is 2090. The highest BCUT2D eigenvalue weighted by Gasteiger charge is 2.29. The average Bonchev–Trinajstić information content (AvgIpc) is 3.25. The molecule has 0 aromatic heterocycles. The van der Waals surface area contributed by atoms with Gasteiger partial charge in [-0.2, -0.15) is 27.4 Å². The summed E-state index contributed by atoms with van der Waals surface area (Å²) in [6.07, 6.45) is 0. The van der Waals surface area contributed by atoms with E-state index in [2.05, 4.69) is 137 Å². The van der Waals surface area contributed by atoms with Gasteiger partial charge in [-0.15, -0.1) is 25.2 Å². The predicted octanol–water partition coefficient (Wildman–Crippen LogP) is 4.80. The summed E-state index contributed by atoms with van der Waals surface area (Å²) in [4.78, 5) is 0. The molecule has 0 aliphatic rings. The summed E-state index contributed by atoms with van der Waals surface area (Å²) in [5.41, 5.74) is 14.7. The lowest BCUT2D eigenvalue weighted by molar-refractivity contribution is 1.53. The quantitative estimate of drug-likeness (QED) is 0.123. The second kappa shape index (κ2) is 18.6. The highest BCUT2D eigenvalue weighted by Crippen LogP contribution is 2.55. The third kappa shape index (κ3) is 8.44. The number of hydrogen-bond donors (Lipinski definition) is 0. The Kier molecular flexibility index (Phi) is 11.2. The van der Waals surface area contributed by atoms with Gasteiger partial charge in [0, 0.05) is 0 Å². The Labute approximate surface area is 347 Å². The van der Waals surface area contributed by atoms with Crippen molar-refractivity contribution >= 4 is 128 Å². The fraction of sp³-hybridized carbons (Fsp3) is 0. The minimum atomic E-state index is -1.08. The summed E-state index contributed by atoms with van der Waals surface area (Å²) in [5.74, 6) is 0. The van der Waals surface area contributed by atoms with E-state index < -0.39 is 46.1 Å². The molecule has 0 bridgehead atoms. The van der Waals surface area contributed by atoms with Gasteiger partial charge in [-0.3, -0.25) is 0 Å². The smallest absolute Gasteiger partial charge is 0.169 e. The molecule has 7 aromatic rings. The molecule has 0 radical (unpaired) electrons. The summed E-state index contributed by atoms with van der Waals surface area (Å²) >= 11 is 0. The maximum Gasteiger partial charge on any atom is 0.180 e. The van der Waals surface area contributed by atoms with Crippen LogP contribution in [0.25, 0.3) is 66.8 Å². The molecule has 7 aromatic carbocycles. The van der Waals surface area contributed by atoms with E-state index in [1.807, 2.05) is 59.1 Å². The molecule has 0 saturated heterocycles. The molecule has 0 aliphatic heterocycles. The molecule has 12 heteroatoms.